The number of hydrogen-bond acceptors (Lipinski definition) is 6. The summed E-state index contributed by atoms with van der Waals surface area (Å²) in [5.74, 6) is 0.371. The van der Waals surface area contributed by atoms with E-state index < -0.39 is 22.7 Å². The van der Waals surface area contributed by atoms with Crippen molar-refractivity contribution in [2.75, 3.05) is 13.7 Å². The van der Waals surface area contributed by atoms with Gasteiger partial charge in [0.1, 0.15) is 17.1 Å². The monoisotopic (exact) mass is 358 g/mol. The molecule has 1 N–H and O–H groups in total. The van der Waals surface area contributed by atoms with Gasteiger partial charge in [0.05, 0.1) is 13.7 Å². The van der Waals surface area contributed by atoms with Gasteiger partial charge in [0.25, 0.3) is 0 Å². The maximum absolute atomic E-state index is 12.2. The van der Waals surface area contributed by atoms with Crippen molar-refractivity contribution >= 4 is 11.9 Å². The van der Waals surface area contributed by atoms with Crippen molar-refractivity contribution < 1.29 is 23.8 Å². The molecule has 0 bridgehead atoms. The molecule has 0 aliphatic carbocycles. The fourth-order valence-electron chi connectivity index (χ4n) is 2.31. The van der Waals surface area contributed by atoms with Crippen molar-refractivity contribution in [1.29, 1.82) is 0 Å². The molecule has 0 fully saturated rings. The van der Waals surface area contributed by atoms with Gasteiger partial charge >= 0.3 is 5.63 Å². The van der Waals surface area contributed by atoms with Gasteiger partial charge in [-0.25, -0.2) is 4.79 Å². The molecule has 0 amide bonds. The van der Waals surface area contributed by atoms with Crippen LogP contribution in [0.25, 0.3) is 6.08 Å². The van der Waals surface area contributed by atoms with E-state index in [1.165, 1.54) is 32.3 Å². The van der Waals surface area contributed by atoms with Gasteiger partial charge in [-0.1, -0.05) is 25.5 Å². The summed E-state index contributed by atoms with van der Waals surface area (Å²) < 4.78 is 15.8. The van der Waals surface area contributed by atoms with E-state index in [1.807, 2.05) is 0 Å². The summed E-state index contributed by atoms with van der Waals surface area (Å²) in [7, 11) is 1.54. The first-order valence-corrected chi connectivity index (χ1v) is 8.33. The Morgan fingerprint density at radius 1 is 1.27 bits per heavy atom. The highest BCUT2D eigenvalue weighted by atomic mass is 16.5. The second kappa shape index (κ2) is 8.89. The molecule has 6 heteroatoms. The van der Waals surface area contributed by atoms with E-state index in [1.54, 1.807) is 18.2 Å². The molecule has 1 aromatic carbocycles. The molecule has 0 radical (unpaired) electrons. The van der Waals surface area contributed by atoms with E-state index in [-0.39, 0.29) is 5.76 Å². The number of ether oxygens (including phenoxy) is 2. The number of ketones is 1. The minimum absolute atomic E-state index is 0.233. The molecule has 0 spiro atoms. The van der Waals surface area contributed by atoms with Gasteiger partial charge in [0, 0.05) is 6.07 Å². The summed E-state index contributed by atoms with van der Waals surface area (Å²) >= 11 is 0. The molecule has 1 aromatic heterocycles. The Hall–Kier alpha value is -3.02. The highest BCUT2D eigenvalue weighted by molar-refractivity contribution is 6.08. The number of unbranched alkanes of at least 4 members (excludes halogenated alkanes) is 1. The average molecular weight is 358 g/mol. The molecule has 138 valence electrons. The first kappa shape index (κ1) is 19.3. The third-order valence-electron chi connectivity index (χ3n) is 3.67. The van der Waals surface area contributed by atoms with Crippen LogP contribution in [0.1, 0.15) is 41.4 Å². The first-order chi connectivity index (χ1) is 12.5. The fraction of sp³-hybridized carbons (Fsp3) is 0.300. The van der Waals surface area contributed by atoms with Crippen LogP contribution in [0.5, 0.6) is 17.2 Å². The molecule has 26 heavy (non-hydrogen) atoms. The standard InChI is InChI=1S/C20H22O6/c1-4-5-10-25-17-9-7-14(12-18(17)24-3)6-8-15(21)19-16(22)11-13(2)26-20(19)23/h6-9,11-12,22H,4-5,10H2,1-3H3/b8-6+. The highest BCUT2D eigenvalue weighted by Crippen LogP contribution is 2.29. The molecule has 0 saturated carbocycles. The summed E-state index contributed by atoms with van der Waals surface area (Å²) in [6.07, 6.45) is 4.71. The van der Waals surface area contributed by atoms with Crippen LogP contribution in [0.15, 0.2) is 39.6 Å². The second-order valence-corrected chi connectivity index (χ2v) is 5.71. The molecule has 2 rings (SSSR count). The van der Waals surface area contributed by atoms with Crippen LogP contribution >= 0.6 is 0 Å². The Kier molecular flexibility index (Phi) is 6.60. The molecule has 2 aromatic rings. The molecular formula is C20H22O6. The van der Waals surface area contributed by atoms with Crippen molar-refractivity contribution in [3.05, 3.63) is 57.6 Å². The Bertz CT molecular complexity index is 863. The number of aryl methyl sites for hydroxylation is 1. The number of aromatic hydroxyl groups is 1. The van der Waals surface area contributed by atoms with Crippen molar-refractivity contribution in [2.24, 2.45) is 0 Å². The third kappa shape index (κ3) is 4.75. The molecule has 0 aliphatic heterocycles. The Morgan fingerprint density at radius 2 is 2.04 bits per heavy atom. The molecule has 0 atom stereocenters. The van der Waals surface area contributed by atoms with Gasteiger partial charge < -0.3 is 19.0 Å². The first-order valence-electron chi connectivity index (χ1n) is 8.33. The molecule has 0 aliphatic rings. The Balaban J connectivity index is 2.20. The molecule has 6 nitrogen and oxygen atoms in total. The van der Waals surface area contributed by atoms with Crippen LogP contribution in [-0.2, 0) is 0 Å². The predicted octanol–water partition coefficient (Wildman–Crippen LogP) is 3.74. The summed E-state index contributed by atoms with van der Waals surface area (Å²) in [4.78, 5) is 24.0. The molecule has 0 unspecified atom stereocenters. The third-order valence-corrected chi connectivity index (χ3v) is 3.67. The van der Waals surface area contributed by atoms with Gasteiger partial charge in [-0.2, -0.15) is 0 Å². The van der Waals surface area contributed by atoms with Crippen LogP contribution in [0.2, 0.25) is 0 Å². The summed E-state index contributed by atoms with van der Waals surface area (Å²) in [6, 6.07) is 6.48. The number of benzene rings is 1. The molecule has 1 heterocycles. The van der Waals surface area contributed by atoms with Gasteiger partial charge in [0.15, 0.2) is 17.3 Å². The van der Waals surface area contributed by atoms with Gasteiger partial charge in [-0.15, -0.1) is 0 Å². The van der Waals surface area contributed by atoms with Crippen LogP contribution < -0.4 is 15.1 Å². The lowest BCUT2D eigenvalue weighted by atomic mass is 10.1. The predicted molar refractivity (Wildman–Crippen MR) is 98.1 cm³/mol. The van der Waals surface area contributed by atoms with Crippen LogP contribution in [0, 0.1) is 6.92 Å². The Morgan fingerprint density at radius 3 is 2.69 bits per heavy atom. The minimum atomic E-state index is -0.866. The number of carbonyl (C=O) groups excluding carboxylic acids is 1. The molecule has 0 saturated heterocycles. The second-order valence-electron chi connectivity index (χ2n) is 5.71. The number of methoxy groups -OCH3 is 1. The van der Waals surface area contributed by atoms with E-state index in [9.17, 15) is 14.7 Å². The van der Waals surface area contributed by atoms with Crippen molar-refractivity contribution in [3.8, 4) is 17.2 Å². The van der Waals surface area contributed by atoms with Gasteiger partial charge in [-0.05, 0) is 37.1 Å². The van der Waals surface area contributed by atoms with Crippen LogP contribution in [0.3, 0.4) is 0 Å². The zero-order chi connectivity index (χ0) is 19.1. The minimum Gasteiger partial charge on any atom is -0.507 e. The van der Waals surface area contributed by atoms with E-state index in [0.29, 0.717) is 23.7 Å². The average Bonchev–Trinajstić information content (AvgIpc) is 2.60. The summed E-state index contributed by atoms with van der Waals surface area (Å²) in [5, 5.41) is 9.81. The maximum Gasteiger partial charge on any atom is 0.351 e. The van der Waals surface area contributed by atoms with Crippen molar-refractivity contribution in [3.63, 3.8) is 0 Å². The van der Waals surface area contributed by atoms with E-state index >= 15 is 0 Å². The maximum atomic E-state index is 12.2. The topological polar surface area (TPSA) is 86.0 Å². The summed E-state index contributed by atoms with van der Waals surface area (Å²) in [5.41, 5.74) is -0.568. The lowest BCUT2D eigenvalue weighted by Crippen LogP contribution is -2.12. The van der Waals surface area contributed by atoms with Crippen LogP contribution in [-0.4, -0.2) is 24.6 Å². The largest absolute Gasteiger partial charge is 0.507 e. The van der Waals surface area contributed by atoms with Gasteiger partial charge in [-0.3, -0.25) is 4.79 Å². The fourth-order valence-corrected chi connectivity index (χ4v) is 2.31. The smallest absolute Gasteiger partial charge is 0.351 e. The Labute approximate surface area is 151 Å². The summed E-state index contributed by atoms with van der Waals surface area (Å²) in [6.45, 7) is 4.20. The van der Waals surface area contributed by atoms with Crippen molar-refractivity contribution in [2.45, 2.75) is 26.7 Å². The highest BCUT2D eigenvalue weighted by Gasteiger charge is 2.16. The lowest BCUT2D eigenvalue weighted by Gasteiger charge is -2.10. The number of allylic oxidation sites excluding steroid dienone is 1. The molecular weight excluding hydrogens is 336 g/mol. The SMILES string of the molecule is CCCCOc1ccc(/C=C/C(=O)c2c(O)cc(C)oc2=O)cc1OC. The number of carbonyl (C=O) groups is 1. The van der Waals surface area contributed by atoms with E-state index in [2.05, 4.69) is 6.92 Å². The normalized spacial score (nSPS) is 10.9. The van der Waals surface area contributed by atoms with Crippen LogP contribution in [0.4, 0.5) is 0 Å². The quantitative estimate of drug-likeness (QED) is 0.439. The van der Waals surface area contributed by atoms with E-state index in [0.717, 1.165) is 12.8 Å². The number of hydrogen-bond donors (Lipinski definition) is 1. The van der Waals surface area contributed by atoms with Crippen molar-refractivity contribution in [1.82, 2.24) is 0 Å². The lowest BCUT2D eigenvalue weighted by molar-refractivity contribution is 0.104. The number of rotatable bonds is 8. The van der Waals surface area contributed by atoms with Gasteiger partial charge in [0.2, 0.25) is 0 Å². The zero-order valence-corrected chi connectivity index (χ0v) is 15.1. The zero-order valence-electron chi connectivity index (χ0n) is 15.1. The van der Waals surface area contributed by atoms with E-state index in [4.69, 9.17) is 13.9 Å².